The van der Waals surface area contributed by atoms with Crippen molar-refractivity contribution >= 4 is 39.2 Å². The second-order valence-corrected chi connectivity index (χ2v) is 7.10. The number of non-ortho nitro benzene ring substituents is 1. The minimum atomic E-state index is -0.474. The molecule has 0 unspecified atom stereocenters. The summed E-state index contributed by atoms with van der Waals surface area (Å²) in [6.45, 7) is 4.24. The Hall–Kier alpha value is -3.72. The Bertz CT molecular complexity index is 1210. The number of hydrogen-bond donors (Lipinski definition) is 0. The highest BCUT2D eigenvalue weighted by atomic mass is 32.1. The third kappa shape index (κ3) is 4.47. The highest BCUT2D eigenvalue weighted by molar-refractivity contribution is 7.16. The second-order valence-electron chi connectivity index (χ2n) is 6.09. The van der Waals surface area contributed by atoms with E-state index in [1.165, 1.54) is 29.5 Å². The Morgan fingerprint density at radius 3 is 2.50 bits per heavy atom. The van der Waals surface area contributed by atoms with Gasteiger partial charge in [-0.1, -0.05) is 17.4 Å². The predicted molar refractivity (Wildman–Crippen MR) is 116 cm³/mol. The van der Waals surface area contributed by atoms with Crippen molar-refractivity contribution in [1.82, 2.24) is 4.57 Å². The van der Waals surface area contributed by atoms with Gasteiger partial charge in [-0.2, -0.15) is 4.99 Å². The number of benzene rings is 2. The van der Waals surface area contributed by atoms with Gasteiger partial charge >= 0.3 is 0 Å². The summed E-state index contributed by atoms with van der Waals surface area (Å²) >= 11 is 1.35. The van der Waals surface area contributed by atoms with Crippen LogP contribution in [0.2, 0.25) is 0 Å². The molecule has 0 fully saturated rings. The normalized spacial score (nSPS) is 11.7. The molecule has 0 saturated heterocycles. The van der Waals surface area contributed by atoms with Crippen LogP contribution < -0.4 is 14.3 Å². The molecular formula is C21H19N3O5S. The lowest BCUT2D eigenvalue weighted by atomic mass is 10.2. The van der Waals surface area contributed by atoms with Crippen molar-refractivity contribution in [2.75, 3.05) is 14.2 Å². The molecule has 0 aliphatic heterocycles. The molecule has 0 atom stereocenters. The minimum absolute atomic E-state index is 0.00948. The van der Waals surface area contributed by atoms with E-state index in [1.54, 1.807) is 38.5 Å². The summed E-state index contributed by atoms with van der Waals surface area (Å²) in [7, 11) is 3.12. The first-order valence-corrected chi connectivity index (χ1v) is 9.66. The van der Waals surface area contributed by atoms with Gasteiger partial charge in [-0.3, -0.25) is 14.9 Å². The van der Waals surface area contributed by atoms with Crippen LogP contribution in [0.1, 0.15) is 5.56 Å². The number of aromatic nitrogens is 1. The number of carbonyl (C=O) groups excluding carboxylic acids is 1. The first-order valence-electron chi connectivity index (χ1n) is 8.84. The average molecular weight is 425 g/mol. The van der Waals surface area contributed by atoms with Gasteiger partial charge in [-0.05, 0) is 23.8 Å². The van der Waals surface area contributed by atoms with Gasteiger partial charge in [0.1, 0.15) is 0 Å². The SMILES string of the molecule is C=CCn1c(=NC(=O)/C=C\c2ccc([N+](=O)[O-])cc2)sc2cc(OC)c(OC)cc21. The molecule has 2 aromatic carbocycles. The molecule has 30 heavy (non-hydrogen) atoms. The number of thiazole rings is 1. The summed E-state index contributed by atoms with van der Waals surface area (Å²) in [6.07, 6.45) is 4.61. The van der Waals surface area contributed by atoms with Gasteiger partial charge in [-0.15, -0.1) is 6.58 Å². The summed E-state index contributed by atoms with van der Waals surface area (Å²) in [5, 5.41) is 10.7. The van der Waals surface area contributed by atoms with E-state index in [-0.39, 0.29) is 5.69 Å². The van der Waals surface area contributed by atoms with Crippen LogP contribution in [0.15, 0.2) is 60.1 Å². The highest BCUT2D eigenvalue weighted by Crippen LogP contribution is 2.33. The largest absolute Gasteiger partial charge is 0.493 e. The highest BCUT2D eigenvalue weighted by Gasteiger charge is 2.12. The van der Waals surface area contributed by atoms with Gasteiger partial charge in [-0.25, -0.2) is 0 Å². The third-order valence-electron chi connectivity index (χ3n) is 4.23. The predicted octanol–water partition coefficient (Wildman–Crippen LogP) is 3.95. The Labute approximate surface area is 176 Å². The minimum Gasteiger partial charge on any atom is -0.493 e. The van der Waals surface area contributed by atoms with Crippen LogP contribution in [0, 0.1) is 10.1 Å². The summed E-state index contributed by atoms with van der Waals surface area (Å²) in [5.74, 6) is 0.723. The zero-order valence-corrected chi connectivity index (χ0v) is 17.2. The molecule has 3 aromatic rings. The van der Waals surface area contributed by atoms with Crippen LogP contribution in [0.25, 0.3) is 16.3 Å². The van der Waals surface area contributed by atoms with Crippen LogP contribution in [0.5, 0.6) is 11.5 Å². The van der Waals surface area contributed by atoms with Gasteiger partial charge in [0.2, 0.25) is 0 Å². The molecule has 0 radical (unpaired) electrons. The van der Waals surface area contributed by atoms with Crippen molar-refractivity contribution in [3.8, 4) is 11.5 Å². The summed E-state index contributed by atoms with van der Waals surface area (Å²) in [6, 6.07) is 9.58. The van der Waals surface area contributed by atoms with E-state index < -0.39 is 10.8 Å². The molecule has 0 saturated carbocycles. The fourth-order valence-electron chi connectivity index (χ4n) is 2.79. The van der Waals surface area contributed by atoms with Gasteiger partial charge in [0, 0.05) is 36.9 Å². The maximum Gasteiger partial charge on any atom is 0.272 e. The number of carbonyl (C=O) groups is 1. The number of nitro groups is 1. The maximum absolute atomic E-state index is 12.4. The number of nitrogens with zero attached hydrogens (tertiary/aromatic N) is 3. The zero-order valence-electron chi connectivity index (χ0n) is 16.4. The number of fused-ring (bicyclic) bond motifs is 1. The van der Waals surface area contributed by atoms with Crippen molar-refractivity contribution in [2.24, 2.45) is 4.99 Å². The monoisotopic (exact) mass is 425 g/mol. The van der Waals surface area contributed by atoms with Crippen LogP contribution >= 0.6 is 11.3 Å². The lowest BCUT2D eigenvalue weighted by Crippen LogP contribution is -2.15. The van der Waals surface area contributed by atoms with Gasteiger partial charge in [0.05, 0.1) is 29.4 Å². The van der Waals surface area contributed by atoms with Crippen molar-refractivity contribution in [2.45, 2.75) is 6.54 Å². The molecule has 1 amide bonds. The molecule has 9 heteroatoms. The number of rotatable bonds is 7. The van der Waals surface area contributed by atoms with Crippen LogP contribution in [0.3, 0.4) is 0 Å². The summed E-state index contributed by atoms with van der Waals surface area (Å²) in [5.41, 5.74) is 1.50. The molecule has 0 spiro atoms. The van der Waals surface area contributed by atoms with Gasteiger partial charge in [0.15, 0.2) is 16.3 Å². The molecule has 3 rings (SSSR count). The molecule has 0 aliphatic rings. The number of allylic oxidation sites excluding steroid dienone is 1. The van der Waals surface area contributed by atoms with E-state index in [4.69, 9.17) is 9.47 Å². The van der Waals surface area contributed by atoms with E-state index in [0.717, 1.165) is 10.2 Å². The van der Waals surface area contributed by atoms with Crippen molar-refractivity contribution < 1.29 is 19.2 Å². The second kappa shape index (κ2) is 9.19. The Morgan fingerprint density at radius 1 is 1.23 bits per heavy atom. The number of amides is 1. The van der Waals surface area contributed by atoms with E-state index in [2.05, 4.69) is 11.6 Å². The van der Waals surface area contributed by atoms with Crippen LogP contribution in [0.4, 0.5) is 5.69 Å². The quantitative estimate of drug-likeness (QED) is 0.247. The molecule has 1 heterocycles. The van der Waals surface area contributed by atoms with Crippen molar-refractivity contribution in [1.29, 1.82) is 0 Å². The molecule has 0 bridgehead atoms. The number of hydrogen-bond acceptors (Lipinski definition) is 6. The molecule has 8 nitrogen and oxygen atoms in total. The van der Waals surface area contributed by atoms with Gasteiger partial charge in [0.25, 0.3) is 11.6 Å². The topological polar surface area (TPSA) is 96.0 Å². The smallest absolute Gasteiger partial charge is 0.272 e. The van der Waals surface area contributed by atoms with Crippen molar-refractivity contribution in [3.63, 3.8) is 0 Å². The zero-order chi connectivity index (χ0) is 21.7. The first kappa shape index (κ1) is 21.0. The first-order chi connectivity index (χ1) is 14.5. The molecule has 0 N–H and O–H groups in total. The lowest BCUT2D eigenvalue weighted by Gasteiger charge is -2.08. The van der Waals surface area contributed by atoms with Crippen LogP contribution in [-0.4, -0.2) is 29.6 Å². The lowest BCUT2D eigenvalue weighted by molar-refractivity contribution is -0.384. The Balaban J connectivity index is 1.97. The molecule has 0 aliphatic carbocycles. The number of ether oxygens (including phenoxy) is 2. The van der Waals surface area contributed by atoms with E-state index in [9.17, 15) is 14.9 Å². The Morgan fingerprint density at radius 2 is 1.90 bits per heavy atom. The van der Waals surface area contributed by atoms with E-state index in [0.29, 0.717) is 28.4 Å². The number of methoxy groups -OCH3 is 2. The van der Waals surface area contributed by atoms with Crippen molar-refractivity contribution in [3.05, 3.63) is 75.6 Å². The van der Waals surface area contributed by atoms with Crippen LogP contribution in [-0.2, 0) is 11.3 Å². The maximum atomic E-state index is 12.4. The summed E-state index contributed by atoms with van der Waals surface area (Å²) < 4.78 is 13.5. The molecule has 1 aromatic heterocycles. The average Bonchev–Trinajstić information content (AvgIpc) is 3.07. The Kier molecular flexibility index (Phi) is 6.43. The fraction of sp³-hybridized carbons (Fsp3) is 0.143. The summed E-state index contributed by atoms with van der Waals surface area (Å²) in [4.78, 5) is 27.4. The fourth-order valence-corrected chi connectivity index (χ4v) is 3.85. The van der Waals surface area contributed by atoms with E-state index >= 15 is 0 Å². The standard InChI is InChI=1S/C21H19N3O5S/c1-4-11-23-16-12-17(28-2)18(29-3)13-19(16)30-21(23)22-20(25)10-7-14-5-8-15(9-6-14)24(26)27/h4-10,12-13H,1,11H2,2-3H3/b10-7-,22-21?. The van der Waals surface area contributed by atoms with Gasteiger partial charge < -0.3 is 14.0 Å². The third-order valence-corrected chi connectivity index (χ3v) is 5.27. The molecule has 154 valence electrons. The number of nitro benzene ring substituents is 1. The van der Waals surface area contributed by atoms with E-state index in [1.807, 2.05) is 16.7 Å². The molecular weight excluding hydrogens is 406 g/mol.